The molecule has 1 aliphatic rings. The van der Waals surface area contributed by atoms with E-state index in [9.17, 15) is 13.2 Å². The van der Waals surface area contributed by atoms with E-state index in [1.165, 1.54) is 12.1 Å². The maximum absolute atomic E-state index is 12.2. The topological polar surface area (TPSA) is 88.2 Å². The second kappa shape index (κ2) is 5.86. The Hall–Kier alpha value is -2.25. The van der Waals surface area contributed by atoms with Crippen LogP contribution in [-0.2, 0) is 10.0 Å². The summed E-state index contributed by atoms with van der Waals surface area (Å²) in [5, 5.41) is 2.70. The van der Waals surface area contributed by atoms with Crippen LogP contribution < -0.4 is 10.0 Å². The van der Waals surface area contributed by atoms with Crippen LogP contribution in [0.3, 0.4) is 0 Å². The molecule has 2 aromatic rings. The minimum Gasteiger partial charge on any atom is -0.322 e. The number of anilines is 1. The Labute approximate surface area is 128 Å². The summed E-state index contributed by atoms with van der Waals surface area (Å²) in [6.45, 7) is 0. The number of pyridine rings is 1. The van der Waals surface area contributed by atoms with E-state index in [0.29, 0.717) is 5.69 Å². The van der Waals surface area contributed by atoms with Gasteiger partial charge in [0.15, 0.2) is 0 Å². The fourth-order valence-corrected chi connectivity index (χ4v) is 3.28. The molecule has 1 amide bonds. The average Bonchev–Trinajstić information content (AvgIpc) is 3.32. The van der Waals surface area contributed by atoms with Crippen LogP contribution in [0.15, 0.2) is 53.7 Å². The van der Waals surface area contributed by atoms with E-state index in [1.54, 1.807) is 36.7 Å². The van der Waals surface area contributed by atoms with Gasteiger partial charge >= 0.3 is 0 Å². The monoisotopic (exact) mass is 317 g/mol. The average molecular weight is 317 g/mol. The smallest absolute Gasteiger partial charge is 0.255 e. The number of hydrogen-bond acceptors (Lipinski definition) is 4. The van der Waals surface area contributed by atoms with Crippen molar-refractivity contribution in [2.75, 3.05) is 5.32 Å². The summed E-state index contributed by atoms with van der Waals surface area (Å²) in [5.41, 5.74) is 0.889. The minimum absolute atomic E-state index is 0.0271. The van der Waals surface area contributed by atoms with Gasteiger partial charge in [0.1, 0.15) is 0 Å². The van der Waals surface area contributed by atoms with Crippen molar-refractivity contribution in [3.8, 4) is 0 Å². The number of sulfonamides is 1. The fraction of sp³-hybridized carbons (Fsp3) is 0.200. The zero-order chi connectivity index (χ0) is 15.6. The van der Waals surface area contributed by atoms with Gasteiger partial charge in [-0.3, -0.25) is 9.78 Å². The quantitative estimate of drug-likeness (QED) is 0.880. The van der Waals surface area contributed by atoms with E-state index in [0.717, 1.165) is 12.8 Å². The maximum Gasteiger partial charge on any atom is 0.255 e. The van der Waals surface area contributed by atoms with Crippen LogP contribution in [0.5, 0.6) is 0 Å². The van der Waals surface area contributed by atoms with E-state index < -0.39 is 10.0 Å². The minimum atomic E-state index is -3.57. The maximum atomic E-state index is 12.2. The lowest BCUT2D eigenvalue weighted by Gasteiger charge is -2.08. The van der Waals surface area contributed by atoms with Gasteiger partial charge in [0.25, 0.3) is 5.91 Å². The van der Waals surface area contributed by atoms with Crippen molar-refractivity contribution in [3.63, 3.8) is 0 Å². The Bertz CT molecular complexity index is 787. The highest BCUT2D eigenvalue weighted by atomic mass is 32.2. The molecular weight excluding hydrogens is 302 g/mol. The highest BCUT2D eigenvalue weighted by Crippen LogP contribution is 2.22. The lowest BCUT2D eigenvalue weighted by atomic mass is 10.2. The number of nitrogens with zero attached hydrogens (tertiary/aromatic N) is 1. The molecular formula is C15H15N3O3S. The van der Waals surface area contributed by atoms with Gasteiger partial charge in [-0.05, 0) is 43.2 Å². The predicted molar refractivity (Wildman–Crippen MR) is 82.0 cm³/mol. The Morgan fingerprint density at radius 3 is 2.55 bits per heavy atom. The van der Waals surface area contributed by atoms with Crippen molar-refractivity contribution in [3.05, 3.63) is 54.4 Å². The molecule has 0 radical (unpaired) electrons. The molecule has 114 valence electrons. The Morgan fingerprint density at radius 2 is 1.86 bits per heavy atom. The number of carbonyl (C=O) groups is 1. The molecule has 7 heteroatoms. The molecule has 1 aliphatic carbocycles. The van der Waals surface area contributed by atoms with Crippen molar-refractivity contribution < 1.29 is 13.2 Å². The first kappa shape index (κ1) is 14.7. The van der Waals surface area contributed by atoms with Crippen molar-refractivity contribution in [2.45, 2.75) is 23.8 Å². The van der Waals surface area contributed by atoms with Gasteiger partial charge in [-0.15, -0.1) is 0 Å². The van der Waals surface area contributed by atoms with Crippen molar-refractivity contribution in [1.82, 2.24) is 9.71 Å². The highest BCUT2D eigenvalue weighted by Gasteiger charge is 2.28. The summed E-state index contributed by atoms with van der Waals surface area (Å²) in [4.78, 5) is 16.1. The van der Waals surface area contributed by atoms with E-state index in [2.05, 4.69) is 15.0 Å². The fourth-order valence-electron chi connectivity index (χ4n) is 1.93. The van der Waals surface area contributed by atoms with Crippen LogP contribution in [-0.4, -0.2) is 25.4 Å². The number of amides is 1. The molecule has 1 aromatic heterocycles. The number of carbonyl (C=O) groups excluding carboxylic acids is 1. The molecule has 0 bridgehead atoms. The lowest BCUT2D eigenvalue weighted by molar-refractivity contribution is 0.102. The molecule has 1 fully saturated rings. The van der Waals surface area contributed by atoms with Crippen LogP contribution in [0.25, 0.3) is 0 Å². The van der Waals surface area contributed by atoms with E-state index in [4.69, 9.17) is 0 Å². The Morgan fingerprint density at radius 1 is 1.14 bits per heavy atom. The molecule has 0 atom stereocenters. The molecule has 3 rings (SSSR count). The van der Waals surface area contributed by atoms with Gasteiger partial charge in [-0.25, -0.2) is 13.1 Å². The van der Waals surface area contributed by atoms with Gasteiger partial charge in [0.2, 0.25) is 10.0 Å². The van der Waals surface area contributed by atoms with Crippen LogP contribution in [0.1, 0.15) is 23.2 Å². The van der Waals surface area contributed by atoms with Crippen LogP contribution >= 0.6 is 0 Å². The molecule has 22 heavy (non-hydrogen) atoms. The van der Waals surface area contributed by atoms with Gasteiger partial charge < -0.3 is 5.32 Å². The van der Waals surface area contributed by atoms with Gasteiger partial charge in [-0.2, -0.15) is 0 Å². The summed E-state index contributed by atoms with van der Waals surface area (Å²) in [6.07, 6.45) is 4.86. The largest absolute Gasteiger partial charge is 0.322 e. The van der Waals surface area contributed by atoms with E-state index >= 15 is 0 Å². The number of nitrogens with one attached hydrogen (secondary N) is 2. The van der Waals surface area contributed by atoms with E-state index in [1.807, 2.05) is 0 Å². The molecule has 0 spiro atoms. The zero-order valence-corrected chi connectivity index (χ0v) is 12.5. The normalized spacial score (nSPS) is 14.5. The first-order valence-electron chi connectivity index (χ1n) is 6.88. The summed E-state index contributed by atoms with van der Waals surface area (Å²) in [5.74, 6) is -0.366. The summed E-state index contributed by atoms with van der Waals surface area (Å²) >= 11 is 0. The van der Waals surface area contributed by atoms with Crippen molar-refractivity contribution >= 4 is 21.6 Å². The standard InChI is InChI=1S/C15H15N3O3S/c19-15(17-12-6-8-16-9-7-12)11-2-1-3-14(10-11)22(20,21)18-13-4-5-13/h1-3,6-10,13,18H,4-5H2,(H,16,17,19). The Kier molecular flexibility index (Phi) is 3.91. The number of benzene rings is 1. The third kappa shape index (κ3) is 3.49. The highest BCUT2D eigenvalue weighted by molar-refractivity contribution is 7.89. The van der Waals surface area contributed by atoms with Gasteiger partial charge in [0.05, 0.1) is 4.90 Å². The third-order valence-electron chi connectivity index (χ3n) is 3.24. The van der Waals surface area contributed by atoms with Crippen LogP contribution in [0.2, 0.25) is 0 Å². The summed E-state index contributed by atoms with van der Waals surface area (Å²) in [7, 11) is -3.57. The molecule has 2 N–H and O–H groups in total. The van der Waals surface area contributed by atoms with E-state index in [-0.39, 0.29) is 22.4 Å². The first-order chi connectivity index (χ1) is 10.5. The predicted octanol–water partition coefficient (Wildman–Crippen LogP) is 1.77. The van der Waals surface area contributed by atoms with Gasteiger partial charge in [-0.1, -0.05) is 6.07 Å². The molecule has 1 aromatic carbocycles. The Balaban J connectivity index is 1.80. The third-order valence-corrected chi connectivity index (χ3v) is 4.76. The second-order valence-corrected chi connectivity index (χ2v) is 6.83. The second-order valence-electron chi connectivity index (χ2n) is 5.11. The van der Waals surface area contributed by atoms with Crippen LogP contribution in [0.4, 0.5) is 5.69 Å². The van der Waals surface area contributed by atoms with Gasteiger partial charge in [0, 0.05) is 29.7 Å². The number of aromatic nitrogens is 1. The summed E-state index contributed by atoms with van der Waals surface area (Å²) < 4.78 is 26.9. The molecule has 0 unspecified atom stereocenters. The number of hydrogen-bond donors (Lipinski definition) is 2. The molecule has 6 nitrogen and oxygen atoms in total. The van der Waals surface area contributed by atoms with Crippen molar-refractivity contribution in [1.29, 1.82) is 0 Å². The zero-order valence-electron chi connectivity index (χ0n) is 11.7. The number of rotatable bonds is 5. The summed E-state index contributed by atoms with van der Waals surface area (Å²) in [6, 6.07) is 9.34. The molecule has 0 saturated heterocycles. The van der Waals surface area contributed by atoms with Crippen molar-refractivity contribution in [2.24, 2.45) is 0 Å². The molecule has 0 aliphatic heterocycles. The molecule has 1 heterocycles. The SMILES string of the molecule is O=C(Nc1ccncc1)c1cccc(S(=O)(=O)NC2CC2)c1. The first-order valence-corrected chi connectivity index (χ1v) is 8.37. The lowest BCUT2D eigenvalue weighted by Crippen LogP contribution is -2.26. The molecule has 1 saturated carbocycles. The van der Waals surface area contributed by atoms with Crippen LogP contribution in [0, 0.1) is 0 Å².